The number of halogens is 2. The highest BCUT2D eigenvalue weighted by atomic mass is 79.9. The molecule has 1 aromatic carbocycles. The number of aliphatic carboxylic acids is 1. The number of anilines is 1. The van der Waals surface area contributed by atoms with Gasteiger partial charge in [0.15, 0.2) is 0 Å². The number of fused-ring (bicyclic) bond motifs is 1. The normalized spacial score (nSPS) is 25.8. The Kier molecular flexibility index (Phi) is 5.94. The molecule has 2 aliphatic rings. The second kappa shape index (κ2) is 7.42. The number of carbonyl (C=O) groups is 2. The van der Waals surface area contributed by atoms with Gasteiger partial charge in [-0.2, -0.15) is 0 Å². The molecule has 0 aromatic heterocycles. The molecule has 1 heterocycles. The van der Waals surface area contributed by atoms with Crippen LogP contribution in [0, 0.1) is 18.3 Å². The lowest BCUT2D eigenvalue weighted by Gasteiger charge is -2.23. The van der Waals surface area contributed by atoms with E-state index < -0.39 is 11.4 Å². The predicted molar refractivity (Wildman–Crippen MR) is 98.6 cm³/mol. The first-order valence-corrected chi connectivity index (χ1v) is 8.72. The van der Waals surface area contributed by atoms with Crippen molar-refractivity contribution < 1.29 is 14.7 Å². The van der Waals surface area contributed by atoms with Crippen molar-refractivity contribution in [1.82, 2.24) is 4.90 Å². The molecule has 0 radical (unpaired) electrons. The minimum absolute atomic E-state index is 0. The van der Waals surface area contributed by atoms with Crippen LogP contribution in [0.5, 0.6) is 0 Å². The Morgan fingerprint density at radius 3 is 2.83 bits per heavy atom. The fraction of sp³-hybridized carbons (Fsp3) is 0.529. The zero-order valence-electron chi connectivity index (χ0n) is 13.5. The van der Waals surface area contributed by atoms with Crippen LogP contribution in [0.1, 0.15) is 24.8 Å². The lowest BCUT2D eigenvalue weighted by molar-refractivity contribution is -0.149. The van der Waals surface area contributed by atoms with Crippen LogP contribution in [0.3, 0.4) is 0 Å². The van der Waals surface area contributed by atoms with Gasteiger partial charge in [0.25, 0.3) is 0 Å². The van der Waals surface area contributed by atoms with Gasteiger partial charge in [0.2, 0.25) is 5.91 Å². The Balaban J connectivity index is 0.00000208. The van der Waals surface area contributed by atoms with E-state index in [1.54, 1.807) is 0 Å². The Labute approximate surface area is 156 Å². The highest BCUT2D eigenvalue weighted by Gasteiger charge is 2.54. The van der Waals surface area contributed by atoms with Gasteiger partial charge in [0.1, 0.15) is 0 Å². The van der Waals surface area contributed by atoms with Crippen molar-refractivity contribution in [3.63, 3.8) is 0 Å². The Morgan fingerprint density at radius 2 is 2.21 bits per heavy atom. The molecule has 1 saturated carbocycles. The number of nitrogens with one attached hydrogen (secondary N) is 1. The first-order valence-electron chi connectivity index (χ1n) is 7.92. The molecule has 1 aliphatic heterocycles. The maximum Gasteiger partial charge on any atom is 0.311 e. The van der Waals surface area contributed by atoms with Crippen LogP contribution >= 0.6 is 28.3 Å². The molecule has 1 amide bonds. The van der Waals surface area contributed by atoms with Crippen LogP contribution in [0.2, 0.25) is 0 Å². The largest absolute Gasteiger partial charge is 0.481 e. The van der Waals surface area contributed by atoms with Crippen molar-refractivity contribution in [3.05, 3.63) is 28.2 Å². The standard InChI is InChI=1S/C17H21BrN2O3.ClH/c1-11-7-13(4-5-14(11)18)19-15(21)9-20-8-12-3-2-6-17(12,10-20)16(22)23;/h4-5,7,12H,2-3,6,8-10H2,1H3,(H,19,21)(H,22,23);1H/t12-,17+;/m0./s1. The maximum absolute atomic E-state index is 12.2. The molecule has 0 bridgehead atoms. The molecule has 0 unspecified atom stereocenters. The van der Waals surface area contributed by atoms with Gasteiger partial charge in [-0.25, -0.2) is 0 Å². The maximum atomic E-state index is 12.2. The second-order valence-electron chi connectivity index (χ2n) is 6.73. The summed E-state index contributed by atoms with van der Waals surface area (Å²) in [7, 11) is 0. The highest BCUT2D eigenvalue weighted by Crippen LogP contribution is 2.48. The van der Waals surface area contributed by atoms with Crippen molar-refractivity contribution in [2.45, 2.75) is 26.2 Å². The van der Waals surface area contributed by atoms with Gasteiger partial charge in [-0.3, -0.25) is 14.5 Å². The molecule has 0 spiro atoms. The van der Waals surface area contributed by atoms with E-state index in [4.69, 9.17) is 0 Å². The van der Waals surface area contributed by atoms with Crippen molar-refractivity contribution >= 4 is 45.9 Å². The molecule has 1 saturated heterocycles. The smallest absolute Gasteiger partial charge is 0.311 e. The minimum atomic E-state index is -0.702. The fourth-order valence-corrected chi connectivity index (χ4v) is 4.24. The van der Waals surface area contributed by atoms with Gasteiger partial charge in [-0.05, 0) is 49.4 Å². The summed E-state index contributed by atoms with van der Waals surface area (Å²) in [6, 6.07) is 5.68. The van der Waals surface area contributed by atoms with Gasteiger partial charge >= 0.3 is 5.97 Å². The number of carboxylic acids is 1. The molecule has 2 fully saturated rings. The third-order valence-electron chi connectivity index (χ3n) is 5.18. The molecule has 5 nitrogen and oxygen atoms in total. The Bertz CT molecular complexity index is 655. The highest BCUT2D eigenvalue weighted by molar-refractivity contribution is 9.10. The monoisotopic (exact) mass is 416 g/mol. The van der Waals surface area contributed by atoms with Gasteiger partial charge in [-0.15, -0.1) is 12.4 Å². The van der Waals surface area contributed by atoms with Crippen molar-refractivity contribution in [2.24, 2.45) is 11.3 Å². The average Bonchev–Trinajstić information content (AvgIpc) is 3.00. The Morgan fingerprint density at radius 1 is 1.46 bits per heavy atom. The molecule has 7 heteroatoms. The number of likely N-dealkylation sites (tertiary alicyclic amines) is 1. The topological polar surface area (TPSA) is 69.6 Å². The number of carbonyl (C=O) groups excluding carboxylic acids is 1. The predicted octanol–water partition coefficient (Wildman–Crippen LogP) is 3.30. The molecule has 132 valence electrons. The summed E-state index contributed by atoms with van der Waals surface area (Å²) >= 11 is 3.44. The van der Waals surface area contributed by atoms with Crippen molar-refractivity contribution in [1.29, 1.82) is 0 Å². The van der Waals surface area contributed by atoms with Crippen LogP contribution in [0.15, 0.2) is 22.7 Å². The Hall–Kier alpha value is -1.11. The van der Waals surface area contributed by atoms with E-state index in [9.17, 15) is 14.7 Å². The summed E-state index contributed by atoms with van der Waals surface area (Å²) in [5.41, 5.74) is 1.19. The number of hydrogen-bond donors (Lipinski definition) is 2. The van der Waals surface area contributed by atoms with E-state index in [0.29, 0.717) is 13.1 Å². The zero-order valence-corrected chi connectivity index (χ0v) is 16.0. The number of amides is 1. The third-order valence-corrected chi connectivity index (χ3v) is 6.07. The van der Waals surface area contributed by atoms with Crippen LogP contribution in [-0.4, -0.2) is 41.5 Å². The van der Waals surface area contributed by atoms with Crippen LogP contribution in [0.25, 0.3) is 0 Å². The van der Waals surface area contributed by atoms with E-state index in [1.807, 2.05) is 30.0 Å². The summed E-state index contributed by atoms with van der Waals surface area (Å²) < 4.78 is 1.01. The van der Waals surface area contributed by atoms with Crippen molar-refractivity contribution in [2.75, 3.05) is 25.0 Å². The first kappa shape index (κ1) is 19.2. The second-order valence-corrected chi connectivity index (χ2v) is 7.59. The molecule has 2 atom stereocenters. The SMILES string of the molecule is Cc1cc(NC(=O)CN2C[C@@H]3CCC[C@@]3(C(=O)O)C2)ccc1Br.Cl. The average molecular weight is 418 g/mol. The first-order chi connectivity index (χ1) is 10.9. The third kappa shape index (κ3) is 3.60. The van der Waals surface area contributed by atoms with E-state index in [-0.39, 0.29) is 30.8 Å². The van der Waals surface area contributed by atoms with Gasteiger partial charge in [-0.1, -0.05) is 22.4 Å². The molecule has 24 heavy (non-hydrogen) atoms. The summed E-state index contributed by atoms with van der Waals surface area (Å²) in [6.07, 6.45) is 2.67. The van der Waals surface area contributed by atoms with Crippen LogP contribution in [-0.2, 0) is 9.59 Å². The van der Waals surface area contributed by atoms with Crippen LogP contribution < -0.4 is 5.32 Å². The molecular weight excluding hydrogens is 396 g/mol. The number of benzene rings is 1. The molecular formula is C17H22BrClN2O3. The van der Waals surface area contributed by atoms with Crippen molar-refractivity contribution in [3.8, 4) is 0 Å². The molecule has 1 aromatic rings. The number of rotatable bonds is 4. The quantitative estimate of drug-likeness (QED) is 0.788. The number of aryl methyl sites for hydroxylation is 1. The minimum Gasteiger partial charge on any atom is -0.481 e. The summed E-state index contributed by atoms with van der Waals surface area (Å²) in [4.78, 5) is 25.9. The van der Waals surface area contributed by atoms with E-state index >= 15 is 0 Å². The van der Waals surface area contributed by atoms with Gasteiger partial charge < -0.3 is 10.4 Å². The van der Waals surface area contributed by atoms with E-state index in [2.05, 4.69) is 21.2 Å². The summed E-state index contributed by atoms with van der Waals surface area (Å²) in [5, 5.41) is 12.5. The van der Waals surface area contributed by atoms with E-state index in [0.717, 1.165) is 35.0 Å². The molecule has 3 rings (SSSR count). The fourth-order valence-electron chi connectivity index (χ4n) is 3.99. The van der Waals surface area contributed by atoms with Gasteiger partial charge in [0.05, 0.1) is 12.0 Å². The summed E-state index contributed by atoms with van der Waals surface area (Å²) in [6.45, 7) is 3.41. The number of carboxylic acid groups (broad SMARTS) is 1. The lowest BCUT2D eigenvalue weighted by Crippen LogP contribution is -2.37. The van der Waals surface area contributed by atoms with E-state index in [1.165, 1.54) is 0 Å². The molecule has 2 N–H and O–H groups in total. The van der Waals surface area contributed by atoms with Gasteiger partial charge in [0, 0.05) is 23.2 Å². The summed E-state index contributed by atoms with van der Waals surface area (Å²) in [5.74, 6) is -0.610. The lowest BCUT2D eigenvalue weighted by atomic mass is 9.81. The number of nitrogens with zero attached hydrogens (tertiary/aromatic N) is 1. The number of hydrogen-bond acceptors (Lipinski definition) is 3. The van der Waals surface area contributed by atoms with Crippen LogP contribution in [0.4, 0.5) is 5.69 Å². The zero-order chi connectivity index (χ0) is 16.6. The molecule has 1 aliphatic carbocycles.